The highest BCUT2D eigenvalue weighted by molar-refractivity contribution is 5.93. The van der Waals surface area contributed by atoms with Crippen molar-refractivity contribution in [3.05, 3.63) is 42.4 Å². The molecule has 0 aromatic carbocycles. The first kappa shape index (κ1) is 15.6. The fraction of sp³-hybridized carbons (Fsp3) is 0.278. The predicted molar refractivity (Wildman–Crippen MR) is 96.1 cm³/mol. The molecule has 0 aliphatic carbocycles. The van der Waals surface area contributed by atoms with Gasteiger partial charge in [0.2, 0.25) is 5.95 Å². The van der Waals surface area contributed by atoms with Crippen molar-refractivity contribution >= 4 is 22.6 Å². The van der Waals surface area contributed by atoms with Crippen LogP contribution < -0.4 is 5.32 Å². The van der Waals surface area contributed by atoms with E-state index in [0.29, 0.717) is 17.6 Å². The third-order valence-electron chi connectivity index (χ3n) is 4.36. The van der Waals surface area contributed by atoms with Gasteiger partial charge in [-0.15, -0.1) is 0 Å². The maximum absolute atomic E-state index is 14.4. The van der Waals surface area contributed by atoms with Crippen molar-refractivity contribution in [1.29, 1.82) is 0 Å². The maximum atomic E-state index is 14.4. The Morgan fingerprint density at radius 3 is 2.96 bits per heavy atom. The first-order valence-electron chi connectivity index (χ1n) is 8.31. The van der Waals surface area contributed by atoms with Gasteiger partial charge in [0.15, 0.2) is 11.5 Å². The molecule has 4 aromatic rings. The summed E-state index contributed by atoms with van der Waals surface area (Å²) < 4.78 is 16.1. The molecule has 0 fully saturated rings. The molecule has 4 heterocycles. The van der Waals surface area contributed by atoms with Crippen molar-refractivity contribution in [2.75, 3.05) is 5.32 Å². The Labute approximate surface area is 144 Å². The minimum Gasteiger partial charge on any atom is -0.352 e. The van der Waals surface area contributed by atoms with E-state index in [1.807, 2.05) is 19.3 Å². The van der Waals surface area contributed by atoms with Crippen LogP contribution >= 0.6 is 0 Å². The second kappa shape index (κ2) is 5.84. The van der Waals surface area contributed by atoms with E-state index in [2.05, 4.69) is 39.1 Å². The van der Waals surface area contributed by atoms with Crippen molar-refractivity contribution in [3.8, 4) is 11.1 Å². The van der Waals surface area contributed by atoms with Gasteiger partial charge in [-0.05, 0) is 26.3 Å². The molecule has 0 radical (unpaired) electrons. The van der Waals surface area contributed by atoms with Crippen molar-refractivity contribution in [2.24, 2.45) is 0 Å². The van der Waals surface area contributed by atoms with Crippen molar-refractivity contribution in [3.63, 3.8) is 0 Å². The normalized spacial score (nSPS) is 12.8. The molecule has 0 unspecified atom stereocenters. The van der Waals surface area contributed by atoms with Gasteiger partial charge in [-0.1, -0.05) is 6.92 Å². The molecule has 0 aliphatic heterocycles. The summed E-state index contributed by atoms with van der Waals surface area (Å²) in [5.74, 6) is 0.234. The molecule has 4 rings (SSSR count). The van der Waals surface area contributed by atoms with Crippen molar-refractivity contribution in [2.45, 2.75) is 33.2 Å². The van der Waals surface area contributed by atoms with Gasteiger partial charge in [0.25, 0.3) is 0 Å². The zero-order chi connectivity index (χ0) is 17.6. The minimum atomic E-state index is -0.351. The molecule has 0 saturated carbocycles. The Morgan fingerprint density at radius 2 is 2.16 bits per heavy atom. The first-order valence-corrected chi connectivity index (χ1v) is 8.31. The van der Waals surface area contributed by atoms with Gasteiger partial charge in [-0.2, -0.15) is 4.98 Å². The van der Waals surface area contributed by atoms with E-state index in [1.54, 1.807) is 16.8 Å². The van der Waals surface area contributed by atoms with Gasteiger partial charge in [-0.3, -0.25) is 0 Å². The summed E-state index contributed by atoms with van der Waals surface area (Å²) in [5, 5.41) is 4.11. The summed E-state index contributed by atoms with van der Waals surface area (Å²) in [5.41, 5.74) is 3.44. The van der Waals surface area contributed by atoms with E-state index in [0.717, 1.165) is 34.3 Å². The molecule has 1 atom stereocenters. The lowest BCUT2D eigenvalue weighted by atomic mass is 10.1. The molecule has 0 saturated heterocycles. The van der Waals surface area contributed by atoms with E-state index in [-0.39, 0.29) is 5.82 Å². The Kier molecular flexibility index (Phi) is 3.63. The average Bonchev–Trinajstić information content (AvgIpc) is 3.17. The van der Waals surface area contributed by atoms with Gasteiger partial charge in [0.05, 0.1) is 5.69 Å². The molecule has 2 N–H and O–H groups in total. The molecule has 4 aromatic heterocycles. The molecule has 128 valence electrons. The monoisotopic (exact) mass is 338 g/mol. The molecular formula is C18H19FN6. The highest BCUT2D eigenvalue weighted by Gasteiger charge is 2.13. The molecule has 0 amide bonds. The van der Waals surface area contributed by atoms with Crippen LogP contribution in [-0.2, 0) is 0 Å². The largest absolute Gasteiger partial charge is 0.352 e. The third-order valence-corrected chi connectivity index (χ3v) is 4.36. The van der Waals surface area contributed by atoms with Crippen LogP contribution in [0.1, 0.15) is 26.0 Å². The van der Waals surface area contributed by atoms with E-state index in [9.17, 15) is 4.39 Å². The van der Waals surface area contributed by atoms with Crippen LogP contribution in [0, 0.1) is 12.7 Å². The molecular weight excluding hydrogens is 319 g/mol. The van der Waals surface area contributed by atoms with E-state index in [1.165, 1.54) is 6.07 Å². The fourth-order valence-corrected chi connectivity index (χ4v) is 2.86. The van der Waals surface area contributed by atoms with Crippen LogP contribution in [0.15, 0.2) is 30.9 Å². The lowest BCUT2D eigenvalue weighted by Crippen LogP contribution is -2.15. The fourth-order valence-electron chi connectivity index (χ4n) is 2.86. The predicted octanol–water partition coefficient (Wildman–Crippen LogP) is 3.93. The van der Waals surface area contributed by atoms with Gasteiger partial charge in [0, 0.05) is 47.3 Å². The number of anilines is 1. The summed E-state index contributed by atoms with van der Waals surface area (Å²) in [6, 6.07) is 1.79. The second-order valence-electron chi connectivity index (χ2n) is 6.30. The molecule has 0 spiro atoms. The number of fused-ring (bicyclic) bond motifs is 2. The molecule has 7 heteroatoms. The average molecular weight is 338 g/mol. The SMILES string of the molecule is CC[C@H](C)Nc1ncc2c(-c3cc(F)c4nc(C)cn4c3)c[nH]c2n1. The summed E-state index contributed by atoms with van der Waals surface area (Å²) in [4.78, 5) is 16.2. The number of hydrogen-bond acceptors (Lipinski definition) is 4. The lowest BCUT2D eigenvalue weighted by Gasteiger charge is -2.10. The summed E-state index contributed by atoms with van der Waals surface area (Å²) >= 11 is 0. The third kappa shape index (κ3) is 2.71. The number of nitrogens with zero attached hydrogens (tertiary/aromatic N) is 4. The minimum absolute atomic E-state index is 0.299. The first-order chi connectivity index (χ1) is 12.0. The van der Waals surface area contributed by atoms with Crippen LogP contribution in [-0.4, -0.2) is 30.4 Å². The topological polar surface area (TPSA) is 70.9 Å². The maximum Gasteiger partial charge on any atom is 0.224 e. The Hall–Kier alpha value is -2.96. The van der Waals surface area contributed by atoms with Crippen LogP contribution in [0.25, 0.3) is 27.8 Å². The summed E-state index contributed by atoms with van der Waals surface area (Å²) in [6.07, 6.45) is 8.26. The molecule has 0 bridgehead atoms. The highest BCUT2D eigenvalue weighted by Crippen LogP contribution is 2.29. The zero-order valence-corrected chi connectivity index (χ0v) is 14.3. The van der Waals surface area contributed by atoms with Gasteiger partial charge in [-0.25, -0.2) is 14.4 Å². The number of aromatic amines is 1. The Bertz CT molecular complexity index is 1060. The number of H-pyrrole nitrogens is 1. The van der Waals surface area contributed by atoms with Crippen molar-refractivity contribution in [1.82, 2.24) is 24.3 Å². The van der Waals surface area contributed by atoms with Crippen LogP contribution in [0.4, 0.5) is 10.3 Å². The van der Waals surface area contributed by atoms with Crippen LogP contribution in [0.5, 0.6) is 0 Å². The number of rotatable bonds is 4. The van der Waals surface area contributed by atoms with Crippen LogP contribution in [0.3, 0.4) is 0 Å². The summed E-state index contributed by atoms with van der Waals surface area (Å²) in [6.45, 7) is 6.03. The number of imidazole rings is 1. The van der Waals surface area contributed by atoms with E-state index >= 15 is 0 Å². The van der Waals surface area contributed by atoms with Gasteiger partial charge in [0.1, 0.15) is 5.65 Å². The highest BCUT2D eigenvalue weighted by atomic mass is 19.1. The Morgan fingerprint density at radius 1 is 1.32 bits per heavy atom. The Balaban J connectivity index is 1.79. The number of hydrogen-bond donors (Lipinski definition) is 2. The molecule has 0 aliphatic rings. The van der Waals surface area contributed by atoms with Crippen molar-refractivity contribution < 1.29 is 4.39 Å². The second-order valence-corrected chi connectivity index (χ2v) is 6.30. The van der Waals surface area contributed by atoms with Crippen LogP contribution in [0.2, 0.25) is 0 Å². The quantitative estimate of drug-likeness (QED) is 0.591. The van der Waals surface area contributed by atoms with Gasteiger partial charge < -0.3 is 14.7 Å². The smallest absolute Gasteiger partial charge is 0.224 e. The summed E-state index contributed by atoms with van der Waals surface area (Å²) in [7, 11) is 0. The number of aromatic nitrogens is 5. The number of pyridine rings is 1. The number of halogens is 1. The number of aryl methyl sites for hydroxylation is 1. The number of nitrogens with one attached hydrogen (secondary N) is 2. The van der Waals surface area contributed by atoms with Gasteiger partial charge >= 0.3 is 0 Å². The van der Waals surface area contributed by atoms with E-state index < -0.39 is 0 Å². The molecule has 25 heavy (non-hydrogen) atoms. The zero-order valence-electron chi connectivity index (χ0n) is 14.3. The lowest BCUT2D eigenvalue weighted by molar-refractivity contribution is 0.630. The van der Waals surface area contributed by atoms with E-state index in [4.69, 9.17) is 0 Å². The molecule has 6 nitrogen and oxygen atoms in total. The standard InChI is InChI=1S/C18H19FN6/c1-4-10(2)23-18-21-7-14-13(6-20-16(14)24-18)12-5-15(19)17-22-11(3)8-25(17)9-12/h5-10H,4H2,1-3H3,(H2,20,21,23,24)/t10-/m0/s1.